The summed E-state index contributed by atoms with van der Waals surface area (Å²) in [4.78, 5) is 13.9. The molecule has 1 aliphatic heterocycles. The van der Waals surface area contributed by atoms with Crippen LogP contribution in [0.25, 0.3) is 0 Å². The van der Waals surface area contributed by atoms with E-state index in [1.807, 2.05) is 0 Å². The van der Waals surface area contributed by atoms with E-state index in [2.05, 4.69) is 25.7 Å². The van der Waals surface area contributed by atoms with Gasteiger partial charge in [0.15, 0.2) is 23.0 Å². The first kappa shape index (κ1) is 13.2. The van der Waals surface area contributed by atoms with E-state index < -0.39 is 0 Å². The summed E-state index contributed by atoms with van der Waals surface area (Å²) in [7, 11) is 0. The van der Waals surface area contributed by atoms with Gasteiger partial charge in [-0.2, -0.15) is 0 Å². The Morgan fingerprint density at radius 3 is 2.40 bits per heavy atom. The summed E-state index contributed by atoms with van der Waals surface area (Å²) in [5, 5.41) is 0. The number of hydrogen-bond acceptors (Lipinski definition) is 4. The zero-order valence-electron chi connectivity index (χ0n) is 9.55. The summed E-state index contributed by atoms with van der Waals surface area (Å²) in [6.45, 7) is 8.49. The van der Waals surface area contributed by atoms with Crippen molar-refractivity contribution in [3.8, 4) is 0 Å². The Hall–Kier alpha value is 0.120. The van der Waals surface area contributed by atoms with Crippen LogP contribution in [0, 0.1) is 5.41 Å². The van der Waals surface area contributed by atoms with Crippen molar-refractivity contribution in [3.05, 3.63) is 0 Å². The molecule has 88 valence electrons. The Morgan fingerprint density at radius 2 is 2.07 bits per heavy atom. The minimum absolute atomic E-state index is 0.115. The molecule has 0 unspecified atom stereocenters. The Morgan fingerprint density at radius 1 is 1.53 bits per heavy atom. The minimum Gasteiger partial charge on any atom is -0.394 e. The number of likely N-dealkylation sites (tertiary alicyclic amines) is 1. The maximum absolute atomic E-state index is 11.7. The molecule has 0 aromatic carbocycles. The summed E-state index contributed by atoms with van der Waals surface area (Å²) >= 11 is 1.65. The van der Waals surface area contributed by atoms with Crippen molar-refractivity contribution in [1.29, 1.82) is 0 Å². The van der Waals surface area contributed by atoms with Gasteiger partial charge in [-0.1, -0.05) is 0 Å². The molecule has 1 heterocycles. The Bertz CT molecular complexity index is 244. The van der Waals surface area contributed by atoms with E-state index >= 15 is 0 Å². The lowest BCUT2D eigenvalue weighted by molar-refractivity contribution is -0.160. The molecule has 0 aromatic heterocycles. The summed E-state index contributed by atoms with van der Waals surface area (Å²) in [5.74, 6) is -0.131. The van der Waals surface area contributed by atoms with Crippen LogP contribution in [0.15, 0.2) is 0 Å². The van der Waals surface area contributed by atoms with Gasteiger partial charge >= 0.3 is 5.97 Å². The predicted molar refractivity (Wildman–Crippen MR) is 67.5 cm³/mol. The summed E-state index contributed by atoms with van der Waals surface area (Å²) in [6, 6.07) is 0. The molecule has 5 heteroatoms. The van der Waals surface area contributed by atoms with E-state index in [-0.39, 0.29) is 16.9 Å². The minimum atomic E-state index is -0.358. The van der Waals surface area contributed by atoms with Crippen LogP contribution in [0.5, 0.6) is 0 Å². The fourth-order valence-corrected chi connectivity index (χ4v) is 2.37. The Kier molecular flexibility index (Phi) is 4.00. The molecule has 15 heavy (non-hydrogen) atoms. The van der Waals surface area contributed by atoms with E-state index in [0.29, 0.717) is 13.0 Å². The SMILES string of the molecule is CC(C)(C)N1CC(CCN)(C(=O)OI)C1. The summed E-state index contributed by atoms with van der Waals surface area (Å²) < 4.78 is 4.82. The highest BCUT2D eigenvalue weighted by Crippen LogP contribution is 2.39. The highest BCUT2D eigenvalue weighted by Gasteiger charge is 2.52. The van der Waals surface area contributed by atoms with Gasteiger partial charge in [-0.3, -0.25) is 9.69 Å². The van der Waals surface area contributed by atoms with Crippen LogP contribution in [-0.2, 0) is 7.86 Å². The van der Waals surface area contributed by atoms with Crippen LogP contribution in [0.2, 0.25) is 0 Å². The van der Waals surface area contributed by atoms with Gasteiger partial charge in [0, 0.05) is 18.6 Å². The van der Waals surface area contributed by atoms with Crippen molar-refractivity contribution < 1.29 is 7.86 Å². The largest absolute Gasteiger partial charge is 0.394 e. The van der Waals surface area contributed by atoms with Crippen molar-refractivity contribution in [3.63, 3.8) is 0 Å². The fraction of sp³-hybridized carbons (Fsp3) is 0.900. The van der Waals surface area contributed by atoms with E-state index in [9.17, 15) is 4.79 Å². The molecule has 1 saturated heterocycles. The van der Waals surface area contributed by atoms with Crippen LogP contribution in [0.3, 0.4) is 0 Å². The van der Waals surface area contributed by atoms with Gasteiger partial charge in [0.25, 0.3) is 0 Å². The van der Waals surface area contributed by atoms with E-state index in [4.69, 9.17) is 8.80 Å². The summed E-state index contributed by atoms with van der Waals surface area (Å²) in [6.07, 6.45) is 0.710. The standard InChI is InChI=1S/C10H19IN2O2/c1-9(2,3)13-6-10(7-13,4-5-12)8(14)15-11/h4-7,12H2,1-3H3. The number of hydrogen-bond donors (Lipinski definition) is 1. The average Bonchev–Trinajstić information content (AvgIpc) is 2.07. The molecule has 0 atom stereocenters. The average molecular weight is 326 g/mol. The molecule has 0 amide bonds. The molecular formula is C10H19IN2O2. The number of nitrogens with zero attached hydrogens (tertiary/aromatic N) is 1. The highest BCUT2D eigenvalue weighted by atomic mass is 127. The topological polar surface area (TPSA) is 55.6 Å². The summed E-state index contributed by atoms with van der Waals surface area (Å²) in [5.41, 5.74) is 5.30. The molecule has 0 aliphatic carbocycles. The highest BCUT2D eigenvalue weighted by molar-refractivity contribution is 14.1. The maximum Gasteiger partial charge on any atom is 0.324 e. The molecule has 2 N–H and O–H groups in total. The third-order valence-electron chi connectivity index (χ3n) is 3.06. The Labute approximate surface area is 105 Å². The van der Waals surface area contributed by atoms with Gasteiger partial charge < -0.3 is 8.80 Å². The molecular weight excluding hydrogens is 307 g/mol. The number of carbonyl (C=O) groups excluding carboxylic acids is 1. The molecule has 0 spiro atoms. The molecule has 0 bridgehead atoms. The molecule has 0 saturated carbocycles. The quantitative estimate of drug-likeness (QED) is 0.795. The lowest BCUT2D eigenvalue weighted by atomic mass is 9.74. The zero-order valence-corrected chi connectivity index (χ0v) is 11.7. The van der Waals surface area contributed by atoms with Crippen LogP contribution in [0.1, 0.15) is 27.2 Å². The van der Waals surface area contributed by atoms with Crippen LogP contribution >= 0.6 is 23.0 Å². The third kappa shape index (κ3) is 2.62. The van der Waals surface area contributed by atoms with Crippen molar-refractivity contribution in [1.82, 2.24) is 4.90 Å². The second-order valence-electron chi connectivity index (χ2n) is 5.21. The third-order valence-corrected chi connectivity index (χ3v) is 3.46. The first-order valence-electron chi connectivity index (χ1n) is 5.14. The second kappa shape index (κ2) is 4.55. The van der Waals surface area contributed by atoms with Gasteiger partial charge in [0.05, 0.1) is 5.41 Å². The van der Waals surface area contributed by atoms with Gasteiger partial charge in [0.1, 0.15) is 0 Å². The van der Waals surface area contributed by atoms with E-state index in [0.717, 1.165) is 13.1 Å². The van der Waals surface area contributed by atoms with Gasteiger partial charge in [-0.05, 0) is 33.7 Å². The lowest BCUT2D eigenvalue weighted by Gasteiger charge is -2.53. The first-order valence-corrected chi connectivity index (χ1v) is 6.02. The Balaban J connectivity index is 2.64. The normalized spacial score (nSPS) is 20.9. The molecule has 1 rings (SSSR count). The number of carbonyl (C=O) groups is 1. The molecule has 1 aliphatic rings. The number of halogens is 1. The van der Waals surface area contributed by atoms with Crippen molar-refractivity contribution >= 4 is 29.0 Å². The maximum atomic E-state index is 11.7. The van der Waals surface area contributed by atoms with Crippen molar-refractivity contribution in [2.75, 3.05) is 19.6 Å². The van der Waals surface area contributed by atoms with Crippen molar-refractivity contribution in [2.45, 2.75) is 32.7 Å². The molecule has 4 nitrogen and oxygen atoms in total. The second-order valence-corrected chi connectivity index (χ2v) is 5.65. The lowest BCUT2D eigenvalue weighted by Crippen LogP contribution is -2.66. The molecule has 0 aromatic rings. The number of rotatable bonds is 3. The van der Waals surface area contributed by atoms with Crippen LogP contribution in [0.4, 0.5) is 0 Å². The van der Waals surface area contributed by atoms with E-state index in [1.165, 1.54) is 0 Å². The van der Waals surface area contributed by atoms with Gasteiger partial charge in [-0.15, -0.1) is 0 Å². The smallest absolute Gasteiger partial charge is 0.324 e. The van der Waals surface area contributed by atoms with Crippen LogP contribution < -0.4 is 5.73 Å². The van der Waals surface area contributed by atoms with Crippen molar-refractivity contribution in [2.24, 2.45) is 11.1 Å². The monoisotopic (exact) mass is 326 g/mol. The number of nitrogens with two attached hydrogens (primary N) is 1. The zero-order chi connectivity index (χ0) is 11.7. The van der Waals surface area contributed by atoms with Gasteiger partial charge in [0.2, 0.25) is 0 Å². The molecule has 1 fully saturated rings. The van der Waals surface area contributed by atoms with Crippen LogP contribution in [-0.4, -0.2) is 36.0 Å². The first-order chi connectivity index (χ1) is 6.85. The predicted octanol–water partition coefficient (Wildman–Crippen LogP) is 1.33. The van der Waals surface area contributed by atoms with E-state index in [1.54, 1.807) is 23.0 Å². The van der Waals surface area contributed by atoms with Gasteiger partial charge in [-0.25, -0.2) is 0 Å². The molecule has 0 radical (unpaired) electrons. The fourth-order valence-electron chi connectivity index (χ4n) is 1.91.